The molecule has 0 fully saturated rings. The van der Waals surface area contributed by atoms with Gasteiger partial charge in [0.15, 0.2) is 11.9 Å². The number of hydrogen-bond acceptors (Lipinski definition) is 6. The number of ether oxygens (including phenoxy) is 2. The molecule has 3 rings (SSSR count). The number of nitrogens with two attached hydrogens (primary N) is 1. The van der Waals surface area contributed by atoms with E-state index >= 15 is 0 Å². The van der Waals surface area contributed by atoms with Gasteiger partial charge in [-0.1, -0.05) is 18.2 Å². The maximum atomic E-state index is 12.5. The van der Waals surface area contributed by atoms with Crippen LogP contribution in [0.25, 0.3) is 5.69 Å². The van der Waals surface area contributed by atoms with Gasteiger partial charge in [0.25, 0.3) is 5.91 Å². The van der Waals surface area contributed by atoms with Crippen LogP contribution in [0.5, 0.6) is 5.75 Å². The normalized spacial score (nSPS) is 11.4. The summed E-state index contributed by atoms with van der Waals surface area (Å²) in [4.78, 5) is 36.0. The van der Waals surface area contributed by atoms with E-state index in [0.29, 0.717) is 11.3 Å². The van der Waals surface area contributed by atoms with Crippen molar-refractivity contribution in [2.45, 2.75) is 13.0 Å². The Morgan fingerprint density at radius 3 is 2.33 bits per heavy atom. The molecule has 1 heterocycles. The quantitative estimate of drug-likeness (QED) is 0.577. The molecule has 0 aliphatic carbocycles. The highest BCUT2D eigenvalue weighted by atomic mass is 16.6. The predicted molar refractivity (Wildman–Crippen MR) is 109 cm³/mol. The second kappa shape index (κ2) is 8.91. The number of hydrogen-bond donors (Lipinski definition) is 2. The number of aromatic nitrogens is 2. The molecule has 0 unspecified atom stereocenters. The molecule has 3 N–H and O–H groups in total. The fraction of sp³-hybridized carbons (Fsp3) is 0.143. The average Bonchev–Trinajstić information content (AvgIpc) is 3.19. The summed E-state index contributed by atoms with van der Waals surface area (Å²) < 4.78 is 11.9. The van der Waals surface area contributed by atoms with Crippen molar-refractivity contribution in [2.24, 2.45) is 5.73 Å². The number of benzene rings is 2. The highest BCUT2D eigenvalue weighted by molar-refractivity contribution is 5.98. The third-order valence-electron chi connectivity index (χ3n) is 4.20. The molecule has 0 spiro atoms. The molecule has 154 valence electrons. The standard InChI is InChI=1S/C21H20N4O5/c1-13(20(27)23-15-10-8-14(9-11-15)19(22)26)30-21(28)18-17(29-2)12-25(24-18)16-6-4-3-5-7-16/h3-13H,1-2H3,(H2,22,26)(H,23,27)/t13-/m1/s1. The molecule has 0 saturated heterocycles. The van der Waals surface area contributed by atoms with E-state index in [4.69, 9.17) is 15.2 Å². The topological polar surface area (TPSA) is 126 Å². The zero-order valence-corrected chi connectivity index (χ0v) is 16.4. The molecule has 2 aromatic carbocycles. The fourth-order valence-electron chi connectivity index (χ4n) is 2.59. The van der Waals surface area contributed by atoms with E-state index in [-0.39, 0.29) is 11.4 Å². The molecule has 0 aliphatic rings. The molecule has 0 bridgehead atoms. The molecule has 1 aromatic heterocycles. The lowest BCUT2D eigenvalue weighted by atomic mass is 10.2. The van der Waals surface area contributed by atoms with Crippen LogP contribution in [0.1, 0.15) is 27.8 Å². The number of primary amides is 1. The summed E-state index contributed by atoms with van der Waals surface area (Å²) in [6, 6.07) is 15.2. The summed E-state index contributed by atoms with van der Waals surface area (Å²) in [5, 5.41) is 6.81. The van der Waals surface area contributed by atoms with Gasteiger partial charge in [0.1, 0.15) is 0 Å². The van der Waals surface area contributed by atoms with Gasteiger partial charge in [0, 0.05) is 11.3 Å². The number of amides is 2. The van der Waals surface area contributed by atoms with Crippen LogP contribution in [-0.4, -0.2) is 40.8 Å². The van der Waals surface area contributed by atoms with Gasteiger partial charge in [-0.2, -0.15) is 5.10 Å². The van der Waals surface area contributed by atoms with E-state index < -0.39 is 23.9 Å². The summed E-state index contributed by atoms with van der Waals surface area (Å²) in [5.41, 5.74) is 6.61. The van der Waals surface area contributed by atoms with Gasteiger partial charge >= 0.3 is 5.97 Å². The first-order valence-electron chi connectivity index (χ1n) is 9.00. The third kappa shape index (κ3) is 4.64. The Morgan fingerprint density at radius 1 is 1.07 bits per heavy atom. The Kier molecular flexibility index (Phi) is 6.11. The number of nitrogens with zero attached hydrogens (tertiary/aromatic N) is 2. The lowest BCUT2D eigenvalue weighted by Gasteiger charge is -2.13. The molecular weight excluding hydrogens is 388 g/mol. The van der Waals surface area contributed by atoms with Crippen molar-refractivity contribution in [2.75, 3.05) is 12.4 Å². The first-order valence-corrected chi connectivity index (χ1v) is 9.00. The zero-order chi connectivity index (χ0) is 21.7. The monoisotopic (exact) mass is 408 g/mol. The first-order chi connectivity index (χ1) is 14.4. The number of esters is 1. The molecular formula is C21H20N4O5. The van der Waals surface area contributed by atoms with Gasteiger partial charge in [-0.25, -0.2) is 9.48 Å². The minimum absolute atomic E-state index is 0.0492. The molecule has 30 heavy (non-hydrogen) atoms. The molecule has 1 atom stereocenters. The minimum Gasteiger partial charge on any atom is -0.493 e. The second-order valence-electron chi connectivity index (χ2n) is 6.30. The van der Waals surface area contributed by atoms with Gasteiger partial charge in [0.2, 0.25) is 11.6 Å². The fourth-order valence-corrected chi connectivity index (χ4v) is 2.59. The van der Waals surface area contributed by atoms with Crippen molar-refractivity contribution < 1.29 is 23.9 Å². The number of para-hydroxylation sites is 1. The zero-order valence-electron chi connectivity index (χ0n) is 16.4. The Hall–Kier alpha value is -4.14. The number of rotatable bonds is 7. The van der Waals surface area contributed by atoms with Crippen LogP contribution in [0.4, 0.5) is 5.69 Å². The van der Waals surface area contributed by atoms with Crippen LogP contribution in [0.3, 0.4) is 0 Å². The number of carbonyl (C=O) groups excluding carboxylic acids is 3. The average molecular weight is 408 g/mol. The van der Waals surface area contributed by atoms with Crippen molar-refractivity contribution in [3.8, 4) is 11.4 Å². The first kappa shape index (κ1) is 20.6. The highest BCUT2D eigenvalue weighted by Crippen LogP contribution is 2.21. The van der Waals surface area contributed by atoms with Crippen molar-refractivity contribution in [3.63, 3.8) is 0 Å². The molecule has 9 nitrogen and oxygen atoms in total. The number of nitrogens with one attached hydrogen (secondary N) is 1. The van der Waals surface area contributed by atoms with Gasteiger partial charge in [-0.15, -0.1) is 0 Å². The van der Waals surface area contributed by atoms with Crippen molar-refractivity contribution in [1.29, 1.82) is 0 Å². The summed E-state index contributed by atoms with van der Waals surface area (Å²) in [6.07, 6.45) is 0.455. The molecule has 0 radical (unpaired) electrons. The largest absolute Gasteiger partial charge is 0.493 e. The van der Waals surface area contributed by atoms with Crippen LogP contribution in [0.2, 0.25) is 0 Å². The highest BCUT2D eigenvalue weighted by Gasteiger charge is 2.25. The van der Waals surface area contributed by atoms with Crippen molar-refractivity contribution >= 4 is 23.5 Å². The van der Waals surface area contributed by atoms with Crippen LogP contribution < -0.4 is 15.8 Å². The van der Waals surface area contributed by atoms with E-state index in [1.807, 2.05) is 30.3 Å². The SMILES string of the molecule is COc1cn(-c2ccccc2)nc1C(=O)O[C@H](C)C(=O)Nc1ccc(C(N)=O)cc1. The van der Waals surface area contributed by atoms with Crippen LogP contribution >= 0.6 is 0 Å². The Morgan fingerprint density at radius 2 is 1.73 bits per heavy atom. The predicted octanol–water partition coefficient (Wildman–Crippen LogP) is 2.16. The molecule has 9 heteroatoms. The molecule has 2 amide bonds. The molecule has 0 saturated carbocycles. The Balaban J connectivity index is 1.68. The van der Waals surface area contributed by atoms with Gasteiger partial charge in [0.05, 0.1) is 19.0 Å². The van der Waals surface area contributed by atoms with Crippen LogP contribution in [0.15, 0.2) is 60.8 Å². The van der Waals surface area contributed by atoms with Gasteiger partial charge in [-0.05, 0) is 43.3 Å². The smallest absolute Gasteiger partial charge is 0.363 e. The molecule has 3 aromatic rings. The van der Waals surface area contributed by atoms with Crippen LogP contribution in [-0.2, 0) is 9.53 Å². The van der Waals surface area contributed by atoms with Crippen molar-refractivity contribution in [1.82, 2.24) is 9.78 Å². The number of anilines is 1. The van der Waals surface area contributed by atoms with E-state index in [9.17, 15) is 14.4 Å². The third-order valence-corrected chi connectivity index (χ3v) is 4.20. The maximum Gasteiger partial charge on any atom is 0.363 e. The summed E-state index contributed by atoms with van der Waals surface area (Å²) >= 11 is 0. The van der Waals surface area contributed by atoms with E-state index in [1.54, 1.807) is 6.20 Å². The van der Waals surface area contributed by atoms with Gasteiger partial charge in [-0.3, -0.25) is 9.59 Å². The van der Waals surface area contributed by atoms with Crippen LogP contribution in [0, 0.1) is 0 Å². The van der Waals surface area contributed by atoms with E-state index in [2.05, 4.69) is 10.4 Å². The Bertz CT molecular complexity index is 1060. The summed E-state index contributed by atoms with van der Waals surface area (Å²) in [6.45, 7) is 1.44. The van der Waals surface area contributed by atoms with E-state index in [0.717, 1.165) is 5.69 Å². The lowest BCUT2D eigenvalue weighted by Crippen LogP contribution is -2.30. The van der Waals surface area contributed by atoms with Gasteiger partial charge < -0.3 is 20.5 Å². The van der Waals surface area contributed by atoms with Crippen molar-refractivity contribution in [3.05, 3.63) is 72.1 Å². The second-order valence-corrected chi connectivity index (χ2v) is 6.30. The lowest BCUT2D eigenvalue weighted by molar-refractivity contribution is -0.123. The number of methoxy groups -OCH3 is 1. The Labute approximate surface area is 172 Å². The van der Waals surface area contributed by atoms with E-state index in [1.165, 1.54) is 43.0 Å². The number of carbonyl (C=O) groups is 3. The summed E-state index contributed by atoms with van der Waals surface area (Å²) in [5.74, 6) is -1.69. The minimum atomic E-state index is -1.10. The summed E-state index contributed by atoms with van der Waals surface area (Å²) in [7, 11) is 1.41. The molecule has 0 aliphatic heterocycles. The maximum absolute atomic E-state index is 12.5.